The van der Waals surface area contributed by atoms with Gasteiger partial charge in [0.1, 0.15) is 5.76 Å². The van der Waals surface area contributed by atoms with Crippen molar-refractivity contribution in [3.8, 4) is 11.5 Å². The molecule has 1 fully saturated rings. The van der Waals surface area contributed by atoms with E-state index in [9.17, 15) is 14.7 Å². The van der Waals surface area contributed by atoms with Crippen LogP contribution in [0, 0.1) is 0 Å². The summed E-state index contributed by atoms with van der Waals surface area (Å²) >= 11 is 0. The summed E-state index contributed by atoms with van der Waals surface area (Å²) in [5, 5.41) is 11.2. The number of amides is 1. The van der Waals surface area contributed by atoms with Gasteiger partial charge in [-0.1, -0.05) is 127 Å². The number of ether oxygens (including phenoxy) is 2. The molecule has 0 bridgehead atoms. The summed E-state index contributed by atoms with van der Waals surface area (Å²) < 4.78 is 10.9. The lowest BCUT2D eigenvalue weighted by Gasteiger charge is -2.26. The van der Waals surface area contributed by atoms with E-state index in [0.29, 0.717) is 29.2 Å². The zero-order chi connectivity index (χ0) is 29.5. The molecule has 1 saturated heterocycles. The second-order valence-corrected chi connectivity index (χ2v) is 11.1. The molecule has 1 N–H and O–H groups in total. The minimum atomic E-state index is -0.697. The zero-order valence-electron chi connectivity index (χ0n) is 25.3. The predicted octanol–water partition coefficient (Wildman–Crippen LogP) is 8.61. The highest BCUT2D eigenvalue weighted by molar-refractivity contribution is 6.46. The molecular weight excluding hydrogens is 514 g/mol. The third kappa shape index (κ3) is 9.11. The first-order chi connectivity index (χ1) is 20.0. The fourth-order valence-electron chi connectivity index (χ4n) is 5.71. The molecule has 0 unspecified atom stereocenters. The third-order valence-corrected chi connectivity index (χ3v) is 8.06. The molecule has 0 saturated carbocycles. The maximum atomic E-state index is 13.3. The second kappa shape index (κ2) is 17.5. The van der Waals surface area contributed by atoms with Crippen LogP contribution in [0.15, 0.2) is 54.1 Å². The third-order valence-electron chi connectivity index (χ3n) is 8.06. The molecule has 2 aromatic carbocycles. The Morgan fingerprint density at radius 3 is 1.80 bits per heavy atom. The number of rotatable bonds is 19. The molecule has 0 aromatic heterocycles. The summed E-state index contributed by atoms with van der Waals surface area (Å²) in [5.74, 6) is -0.323. The topological polar surface area (TPSA) is 76.1 Å². The predicted molar refractivity (Wildman–Crippen MR) is 165 cm³/mol. The van der Waals surface area contributed by atoms with Gasteiger partial charge in [0.15, 0.2) is 11.5 Å². The second-order valence-electron chi connectivity index (χ2n) is 11.1. The number of methoxy groups -OCH3 is 2. The normalized spacial score (nSPS) is 16.4. The number of hydrogen-bond donors (Lipinski definition) is 1. The first kappa shape index (κ1) is 32.2. The number of nitrogens with zero attached hydrogens (tertiary/aromatic N) is 1. The molecule has 1 aliphatic heterocycles. The van der Waals surface area contributed by atoms with E-state index in [0.717, 1.165) is 19.3 Å². The van der Waals surface area contributed by atoms with Crippen LogP contribution < -0.4 is 9.47 Å². The van der Waals surface area contributed by atoms with Crippen LogP contribution in [0.2, 0.25) is 0 Å². The average Bonchev–Trinajstić information content (AvgIpc) is 3.25. The Balaban J connectivity index is 1.59. The number of aliphatic hydroxyl groups is 1. The molecule has 6 heteroatoms. The van der Waals surface area contributed by atoms with E-state index in [1.54, 1.807) is 55.5 Å². The van der Waals surface area contributed by atoms with Crippen molar-refractivity contribution in [3.05, 3.63) is 65.2 Å². The summed E-state index contributed by atoms with van der Waals surface area (Å²) in [6.45, 7) is 2.71. The van der Waals surface area contributed by atoms with Crippen molar-refractivity contribution in [3.63, 3.8) is 0 Å². The van der Waals surface area contributed by atoms with Gasteiger partial charge < -0.3 is 19.5 Å². The standard InChI is InChI=1S/C35H49NO5/c1-4-5-6-7-8-9-10-11-12-13-14-15-16-20-25-36-32(28-23-24-29(40-2)30(26-28)41-3)31(34(38)35(36)39)33(37)27-21-18-17-19-22-27/h17-19,21-24,26,32,37H,4-16,20,25H2,1-3H3/t32-/m1/s1. The number of carbonyl (C=O) groups is 2. The maximum Gasteiger partial charge on any atom is 0.295 e. The van der Waals surface area contributed by atoms with Crippen LogP contribution in [0.1, 0.15) is 114 Å². The molecule has 41 heavy (non-hydrogen) atoms. The molecule has 0 aliphatic carbocycles. The molecule has 224 valence electrons. The Bertz CT molecular complexity index is 1130. The summed E-state index contributed by atoms with van der Waals surface area (Å²) in [6, 6.07) is 13.6. The molecule has 0 radical (unpaired) electrons. The van der Waals surface area contributed by atoms with Gasteiger partial charge in [0.2, 0.25) is 0 Å². The fourth-order valence-corrected chi connectivity index (χ4v) is 5.71. The van der Waals surface area contributed by atoms with Crippen LogP contribution in [-0.4, -0.2) is 42.5 Å². The molecule has 3 rings (SSSR count). The molecule has 6 nitrogen and oxygen atoms in total. The van der Waals surface area contributed by atoms with E-state index in [2.05, 4.69) is 6.92 Å². The SMILES string of the molecule is CCCCCCCCCCCCCCCCN1C(=O)C(=O)C(=C(O)c2ccccc2)[C@H]1c1ccc(OC)c(OC)c1. The highest BCUT2D eigenvalue weighted by atomic mass is 16.5. The van der Waals surface area contributed by atoms with E-state index in [1.165, 1.54) is 70.6 Å². The molecule has 0 spiro atoms. The smallest absolute Gasteiger partial charge is 0.295 e. The molecular formula is C35H49NO5. The Labute approximate surface area is 246 Å². The first-order valence-corrected chi connectivity index (χ1v) is 15.6. The van der Waals surface area contributed by atoms with Crippen molar-refractivity contribution in [2.45, 2.75) is 103 Å². The number of hydrogen-bond acceptors (Lipinski definition) is 5. The number of ketones is 1. The van der Waals surface area contributed by atoms with Crippen LogP contribution in [0.25, 0.3) is 5.76 Å². The van der Waals surface area contributed by atoms with E-state index >= 15 is 0 Å². The van der Waals surface area contributed by atoms with Gasteiger partial charge in [-0.05, 0) is 24.1 Å². The number of Topliss-reactive ketones (excluding diaryl/α,β-unsaturated/α-hetero) is 1. The average molecular weight is 564 g/mol. The van der Waals surface area contributed by atoms with Crippen molar-refractivity contribution >= 4 is 17.4 Å². The molecule has 1 aliphatic rings. The summed E-state index contributed by atoms with van der Waals surface area (Å²) in [4.78, 5) is 28.1. The molecule has 1 amide bonds. The number of unbranched alkanes of at least 4 members (excludes halogenated alkanes) is 13. The van der Waals surface area contributed by atoms with Crippen molar-refractivity contribution in [1.29, 1.82) is 0 Å². The quantitative estimate of drug-likeness (QED) is 0.0801. The Morgan fingerprint density at radius 2 is 1.27 bits per heavy atom. The van der Waals surface area contributed by atoms with Crippen molar-refractivity contribution in [1.82, 2.24) is 4.90 Å². The van der Waals surface area contributed by atoms with E-state index < -0.39 is 17.7 Å². The van der Waals surface area contributed by atoms with Crippen LogP contribution in [0.4, 0.5) is 0 Å². The van der Waals surface area contributed by atoms with Gasteiger partial charge in [-0.25, -0.2) is 0 Å². The monoisotopic (exact) mass is 563 g/mol. The van der Waals surface area contributed by atoms with Gasteiger partial charge in [0.05, 0.1) is 25.8 Å². The van der Waals surface area contributed by atoms with Gasteiger partial charge in [0.25, 0.3) is 11.7 Å². The lowest BCUT2D eigenvalue weighted by molar-refractivity contribution is -0.139. The number of aliphatic hydroxyl groups excluding tert-OH is 1. The van der Waals surface area contributed by atoms with Crippen LogP contribution >= 0.6 is 0 Å². The van der Waals surface area contributed by atoms with Crippen LogP contribution in [-0.2, 0) is 9.59 Å². The minimum Gasteiger partial charge on any atom is -0.507 e. The highest BCUT2D eigenvalue weighted by Gasteiger charge is 2.46. The maximum absolute atomic E-state index is 13.3. The van der Waals surface area contributed by atoms with Gasteiger partial charge in [-0.3, -0.25) is 9.59 Å². The number of benzene rings is 2. The minimum absolute atomic E-state index is 0.110. The van der Waals surface area contributed by atoms with Crippen molar-refractivity contribution in [2.75, 3.05) is 20.8 Å². The van der Waals surface area contributed by atoms with Crippen molar-refractivity contribution < 1.29 is 24.2 Å². The summed E-state index contributed by atoms with van der Waals surface area (Å²) in [6.07, 6.45) is 17.5. The van der Waals surface area contributed by atoms with Gasteiger partial charge >= 0.3 is 0 Å². The fraction of sp³-hybridized carbons (Fsp3) is 0.543. The van der Waals surface area contributed by atoms with Crippen LogP contribution in [0.3, 0.4) is 0 Å². The molecule has 2 aromatic rings. The largest absolute Gasteiger partial charge is 0.507 e. The number of likely N-dealkylation sites (tertiary alicyclic amines) is 1. The van der Waals surface area contributed by atoms with E-state index in [1.807, 2.05) is 12.1 Å². The number of carbonyl (C=O) groups excluding carboxylic acids is 2. The first-order valence-electron chi connectivity index (χ1n) is 15.6. The highest BCUT2D eigenvalue weighted by Crippen LogP contribution is 2.42. The Morgan fingerprint density at radius 1 is 0.732 bits per heavy atom. The lowest BCUT2D eigenvalue weighted by Crippen LogP contribution is -2.30. The van der Waals surface area contributed by atoms with Crippen molar-refractivity contribution in [2.24, 2.45) is 0 Å². The molecule has 1 atom stereocenters. The van der Waals surface area contributed by atoms with E-state index in [4.69, 9.17) is 9.47 Å². The summed E-state index contributed by atoms with van der Waals surface area (Å²) in [5.41, 5.74) is 1.32. The van der Waals surface area contributed by atoms with E-state index in [-0.39, 0.29) is 11.3 Å². The Hall–Kier alpha value is -3.28. The van der Waals surface area contributed by atoms with Gasteiger partial charge in [-0.15, -0.1) is 0 Å². The molecule has 1 heterocycles. The van der Waals surface area contributed by atoms with Gasteiger partial charge in [0, 0.05) is 12.1 Å². The Kier molecular flexibility index (Phi) is 13.8. The summed E-state index contributed by atoms with van der Waals surface area (Å²) in [7, 11) is 3.12. The lowest BCUT2D eigenvalue weighted by atomic mass is 9.95. The van der Waals surface area contributed by atoms with Crippen LogP contribution in [0.5, 0.6) is 11.5 Å². The zero-order valence-corrected chi connectivity index (χ0v) is 25.3. The van der Waals surface area contributed by atoms with Gasteiger partial charge in [-0.2, -0.15) is 0 Å².